The van der Waals surface area contributed by atoms with Crippen molar-refractivity contribution < 1.29 is 27.6 Å². The fourth-order valence-corrected chi connectivity index (χ4v) is 3.48. The first-order valence-electron chi connectivity index (χ1n) is 10.9. The lowest BCUT2D eigenvalue weighted by Crippen LogP contribution is -2.08. The molecule has 0 bridgehead atoms. The van der Waals surface area contributed by atoms with E-state index in [4.69, 9.17) is 9.36 Å². The third-order valence-electron chi connectivity index (χ3n) is 5.41. The smallest absolute Gasteiger partial charge is 0.392 e. The first kappa shape index (κ1) is 24.8. The SMILES string of the molecule is C/C(=N\OCc1c(C)noc1C)c1ccn2c(-c3cccc([N-]C([O-])=CCC(F)(F)F)c3)cnc2c1. The number of rotatable bonds is 8. The predicted molar refractivity (Wildman–Crippen MR) is 125 cm³/mol. The largest absolute Gasteiger partial charge is 0.889 e. The molecule has 0 unspecified atom stereocenters. The molecule has 0 radical (unpaired) electrons. The molecule has 0 saturated heterocycles. The number of benzene rings is 1. The lowest BCUT2D eigenvalue weighted by atomic mass is 10.1. The first-order valence-corrected chi connectivity index (χ1v) is 10.9. The summed E-state index contributed by atoms with van der Waals surface area (Å²) in [5, 5.41) is 23.6. The molecule has 0 fully saturated rings. The van der Waals surface area contributed by atoms with E-state index in [9.17, 15) is 18.3 Å². The molecule has 0 aliphatic rings. The van der Waals surface area contributed by atoms with Crippen molar-refractivity contribution in [2.24, 2.45) is 5.16 Å². The van der Waals surface area contributed by atoms with Gasteiger partial charge in [-0.15, -0.1) is 11.8 Å². The minimum Gasteiger partial charge on any atom is -0.889 e. The van der Waals surface area contributed by atoms with Crippen molar-refractivity contribution in [1.29, 1.82) is 0 Å². The molecule has 3 heterocycles. The zero-order valence-electron chi connectivity index (χ0n) is 19.7. The summed E-state index contributed by atoms with van der Waals surface area (Å²) in [5.41, 5.74) is 5.41. The number of imidazole rings is 1. The molecule has 0 atom stereocenters. The van der Waals surface area contributed by atoms with Crippen LogP contribution in [0.1, 0.15) is 35.9 Å². The van der Waals surface area contributed by atoms with Crippen LogP contribution in [-0.2, 0) is 11.4 Å². The van der Waals surface area contributed by atoms with E-state index in [0.717, 1.165) is 22.5 Å². The molecule has 4 aromatic rings. The number of halogens is 3. The van der Waals surface area contributed by atoms with Crippen LogP contribution in [0, 0.1) is 13.8 Å². The number of allylic oxidation sites excluding steroid dienone is 1. The van der Waals surface area contributed by atoms with Gasteiger partial charge in [-0.2, -0.15) is 13.2 Å². The van der Waals surface area contributed by atoms with Gasteiger partial charge < -0.3 is 19.8 Å². The first-order chi connectivity index (χ1) is 17.1. The molecule has 0 N–H and O–H groups in total. The maximum Gasteiger partial charge on any atom is 0.392 e. The van der Waals surface area contributed by atoms with Crippen LogP contribution in [0.15, 0.2) is 70.4 Å². The molecule has 0 aliphatic carbocycles. The van der Waals surface area contributed by atoms with E-state index < -0.39 is 18.5 Å². The summed E-state index contributed by atoms with van der Waals surface area (Å²) in [6.07, 6.45) is -1.77. The highest BCUT2D eigenvalue weighted by molar-refractivity contribution is 5.99. The number of oxime groups is 1. The Morgan fingerprint density at radius 1 is 1.25 bits per heavy atom. The Morgan fingerprint density at radius 2 is 2.06 bits per heavy atom. The van der Waals surface area contributed by atoms with Crippen LogP contribution < -0.4 is 5.11 Å². The zero-order chi connectivity index (χ0) is 25.9. The highest BCUT2D eigenvalue weighted by atomic mass is 19.4. The number of alkyl halides is 3. The van der Waals surface area contributed by atoms with Crippen molar-refractivity contribution in [3.8, 4) is 11.3 Å². The van der Waals surface area contributed by atoms with E-state index in [1.54, 1.807) is 30.5 Å². The molecule has 0 amide bonds. The van der Waals surface area contributed by atoms with Gasteiger partial charge in [0.15, 0.2) is 0 Å². The highest BCUT2D eigenvalue weighted by Crippen LogP contribution is 2.30. The van der Waals surface area contributed by atoms with E-state index in [-0.39, 0.29) is 12.3 Å². The molecule has 11 heteroatoms. The van der Waals surface area contributed by atoms with Crippen LogP contribution in [0.25, 0.3) is 22.2 Å². The van der Waals surface area contributed by atoms with Gasteiger partial charge >= 0.3 is 6.18 Å². The molecule has 8 nitrogen and oxygen atoms in total. The van der Waals surface area contributed by atoms with Gasteiger partial charge in [0.1, 0.15) is 18.0 Å². The molecule has 36 heavy (non-hydrogen) atoms. The quantitative estimate of drug-likeness (QED) is 0.176. The van der Waals surface area contributed by atoms with Gasteiger partial charge in [0.2, 0.25) is 0 Å². The van der Waals surface area contributed by atoms with Gasteiger partial charge in [-0.3, -0.25) is 4.40 Å². The number of nitrogens with zero attached hydrogens (tertiary/aromatic N) is 5. The van der Waals surface area contributed by atoms with Crippen LogP contribution in [0.4, 0.5) is 18.9 Å². The van der Waals surface area contributed by atoms with Crippen LogP contribution in [0.5, 0.6) is 0 Å². The van der Waals surface area contributed by atoms with Crippen molar-refractivity contribution in [3.63, 3.8) is 0 Å². The van der Waals surface area contributed by atoms with Gasteiger partial charge in [-0.05, 0) is 38.5 Å². The van der Waals surface area contributed by atoms with Gasteiger partial charge in [0.05, 0.1) is 35.3 Å². The Labute approximate surface area is 204 Å². The number of pyridine rings is 1. The van der Waals surface area contributed by atoms with Crippen LogP contribution in [0.2, 0.25) is 0 Å². The summed E-state index contributed by atoms with van der Waals surface area (Å²) in [5.74, 6) is -0.258. The van der Waals surface area contributed by atoms with E-state index in [1.165, 1.54) is 0 Å². The molecule has 3 aromatic heterocycles. The minimum atomic E-state index is -4.45. The summed E-state index contributed by atoms with van der Waals surface area (Å²) in [6, 6.07) is 10.4. The van der Waals surface area contributed by atoms with Crippen LogP contribution in [-0.4, -0.2) is 26.4 Å². The van der Waals surface area contributed by atoms with E-state index >= 15 is 0 Å². The van der Waals surface area contributed by atoms with Gasteiger partial charge in [-0.1, -0.05) is 34.6 Å². The number of aromatic nitrogens is 3. The predicted octanol–water partition coefficient (Wildman–Crippen LogP) is 5.71. The molecule has 0 aliphatic heterocycles. The van der Waals surface area contributed by atoms with Gasteiger partial charge in [0, 0.05) is 11.8 Å². The van der Waals surface area contributed by atoms with E-state index in [2.05, 4.69) is 20.6 Å². The molecule has 1 aromatic carbocycles. The molecular weight excluding hydrogens is 475 g/mol. The summed E-state index contributed by atoms with van der Waals surface area (Å²) >= 11 is 0. The Balaban J connectivity index is 1.50. The third-order valence-corrected chi connectivity index (χ3v) is 5.41. The van der Waals surface area contributed by atoms with Crippen molar-refractivity contribution in [3.05, 3.63) is 88.6 Å². The van der Waals surface area contributed by atoms with Gasteiger partial charge in [-0.25, -0.2) is 10.9 Å². The second-order valence-electron chi connectivity index (χ2n) is 8.06. The summed E-state index contributed by atoms with van der Waals surface area (Å²) < 4.78 is 43.9. The number of aryl methyl sites for hydroxylation is 2. The summed E-state index contributed by atoms with van der Waals surface area (Å²) in [7, 11) is 0. The molecule has 0 saturated carbocycles. The van der Waals surface area contributed by atoms with Crippen molar-refractivity contribution in [2.45, 2.75) is 40.0 Å². The lowest BCUT2D eigenvalue weighted by molar-refractivity contribution is -0.297. The Hall–Kier alpha value is -4.28. The molecule has 4 rings (SSSR count). The van der Waals surface area contributed by atoms with Crippen molar-refractivity contribution >= 4 is 17.0 Å². The van der Waals surface area contributed by atoms with Crippen LogP contribution in [0.3, 0.4) is 0 Å². The fourth-order valence-electron chi connectivity index (χ4n) is 3.48. The summed E-state index contributed by atoms with van der Waals surface area (Å²) in [4.78, 5) is 9.93. The lowest BCUT2D eigenvalue weighted by Gasteiger charge is -2.32. The number of hydrogen-bond donors (Lipinski definition) is 0. The Bertz CT molecular complexity index is 1420. The standard InChI is InChI=1S/C25H23F3N5O3/c1-15(31-35-14-21-16(2)32-36-17(21)3)18-8-10-33-22(13-29-23(33)12-18)19-5-4-6-20(11-19)30-24(34)7-9-25(26,27)28/h4-8,10-13,34H,9,14H2,1-3H3/q-1/p-1/b24-7?,31-15+. The normalized spacial score (nSPS) is 12.8. The van der Waals surface area contributed by atoms with E-state index in [0.29, 0.717) is 28.8 Å². The van der Waals surface area contributed by atoms with Crippen LogP contribution >= 0.6 is 0 Å². The number of fused-ring (bicyclic) bond motifs is 1. The van der Waals surface area contributed by atoms with Crippen molar-refractivity contribution in [1.82, 2.24) is 14.5 Å². The highest BCUT2D eigenvalue weighted by Gasteiger charge is 2.24. The zero-order valence-corrected chi connectivity index (χ0v) is 19.7. The average molecular weight is 497 g/mol. The van der Waals surface area contributed by atoms with E-state index in [1.807, 2.05) is 43.5 Å². The third kappa shape index (κ3) is 5.85. The minimum absolute atomic E-state index is 0.242. The van der Waals surface area contributed by atoms with Crippen molar-refractivity contribution in [2.75, 3.05) is 0 Å². The molecular formula is C25H22F3N5O3-2. The summed E-state index contributed by atoms with van der Waals surface area (Å²) in [6.45, 7) is 5.71. The fraction of sp³-hybridized carbons (Fsp3) is 0.240. The monoisotopic (exact) mass is 497 g/mol. The average Bonchev–Trinajstić information content (AvgIpc) is 3.40. The topological polar surface area (TPSA) is 102 Å². The maximum atomic E-state index is 12.3. The maximum absolute atomic E-state index is 12.3. The molecule has 188 valence electrons. The molecule has 0 spiro atoms. The van der Waals surface area contributed by atoms with Gasteiger partial charge in [0.25, 0.3) is 0 Å². The second-order valence-corrected chi connectivity index (χ2v) is 8.06. The number of hydrogen-bond acceptors (Lipinski definition) is 6. The Morgan fingerprint density at radius 3 is 2.78 bits per heavy atom. The Kier molecular flexibility index (Phi) is 7.00. The second kappa shape index (κ2) is 10.1.